The molecule has 1 atom stereocenters. The number of nitrogens with two attached hydrogens (primary N) is 1. The van der Waals surface area contributed by atoms with Gasteiger partial charge in [-0.2, -0.15) is 0 Å². The molecule has 1 aliphatic heterocycles. The minimum Gasteiger partial charge on any atom is -0.382 e. The monoisotopic (exact) mass is 513 g/mol. The molecule has 3 aromatic heterocycles. The van der Waals surface area contributed by atoms with Gasteiger partial charge < -0.3 is 21.7 Å². The lowest BCUT2D eigenvalue weighted by atomic mass is 10.1. The molecule has 0 saturated carbocycles. The first-order valence-electron chi connectivity index (χ1n) is 12.1. The zero-order chi connectivity index (χ0) is 25.6. The maximum Gasteiger partial charge on any atom is 0.274 e. The van der Waals surface area contributed by atoms with E-state index < -0.39 is 0 Å². The number of rotatable bonds is 7. The predicted molar refractivity (Wildman–Crippen MR) is 144 cm³/mol. The van der Waals surface area contributed by atoms with Gasteiger partial charge in [0.2, 0.25) is 0 Å². The third-order valence-corrected chi connectivity index (χ3v) is 7.05. The third kappa shape index (κ3) is 5.99. The van der Waals surface area contributed by atoms with Crippen LogP contribution in [0.15, 0.2) is 66.4 Å². The molecule has 0 bridgehead atoms. The van der Waals surface area contributed by atoms with Crippen LogP contribution < -0.4 is 21.7 Å². The normalized spacial score (nSPS) is 15.2. The molecule has 4 aromatic rings. The number of amides is 2. The second-order valence-corrected chi connectivity index (χ2v) is 9.78. The number of anilines is 1. The van der Waals surface area contributed by atoms with E-state index in [4.69, 9.17) is 5.73 Å². The molecule has 5 N–H and O–H groups in total. The van der Waals surface area contributed by atoms with Gasteiger partial charge in [-0.15, -0.1) is 11.3 Å². The van der Waals surface area contributed by atoms with Crippen LogP contribution in [-0.4, -0.2) is 45.9 Å². The number of carbonyl (C=O) groups is 2. The molecule has 0 spiro atoms. The van der Waals surface area contributed by atoms with Crippen molar-refractivity contribution in [3.05, 3.63) is 83.3 Å². The molecule has 10 heteroatoms. The number of carbonyl (C=O) groups excluding carboxylic acids is 2. The summed E-state index contributed by atoms with van der Waals surface area (Å²) >= 11 is 1.60. The Bertz CT molecular complexity index is 1400. The molecule has 0 unspecified atom stereocenters. The molecule has 1 fully saturated rings. The average molecular weight is 514 g/mol. The van der Waals surface area contributed by atoms with Crippen molar-refractivity contribution in [2.45, 2.75) is 25.4 Å². The van der Waals surface area contributed by atoms with Crippen LogP contribution in [0.25, 0.3) is 21.7 Å². The Balaban J connectivity index is 1.27. The van der Waals surface area contributed by atoms with E-state index in [1.54, 1.807) is 29.9 Å². The highest BCUT2D eigenvalue weighted by Crippen LogP contribution is 2.24. The summed E-state index contributed by atoms with van der Waals surface area (Å²) < 4.78 is 0. The number of thiophene rings is 1. The quantitative estimate of drug-likeness (QED) is 0.298. The van der Waals surface area contributed by atoms with E-state index in [1.165, 1.54) is 0 Å². The zero-order valence-electron chi connectivity index (χ0n) is 20.1. The zero-order valence-corrected chi connectivity index (χ0v) is 20.9. The molecule has 0 aliphatic carbocycles. The molecule has 1 aromatic carbocycles. The highest BCUT2D eigenvalue weighted by molar-refractivity contribution is 7.13. The fourth-order valence-electron chi connectivity index (χ4n) is 4.20. The molecule has 37 heavy (non-hydrogen) atoms. The summed E-state index contributed by atoms with van der Waals surface area (Å²) in [6.07, 6.45) is 6.77. The Kier molecular flexibility index (Phi) is 7.48. The van der Waals surface area contributed by atoms with E-state index in [0.29, 0.717) is 17.8 Å². The van der Waals surface area contributed by atoms with Gasteiger partial charge in [0.05, 0.1) is 17.5 Å². The molecular formula is C27H27N7O2S. The largest absolute Gasteiger partial charge is 0.382 e. The molecule has 2 amide bonds. The van der Waals surface area contributed by atoms with Gasteiger partial charge in [0.15, 0.2) is 11.5 Å². The minimum atomic E-state index is -0.331. The van der Waals surface area contributed by atoms with Gasteiger partial charge in [-0.05, 0) is 48.5 Å². The Morgan fingerprint density at radius 1 is 1.08 bits per heavy atom. The second-order valence-electron chi connectivity index (χ2n) is 8.83. The second kappa shape index (κ2) is 11.3. The molecule has 5 rings (SSSR count). The number of hydrogen-bond donors (Lipinski definition) is 4. The van der Waals surface area contributed by atoms with Crippen molar-refractivity contribution in [1.82, 2.24) is 30.9 Å². The number of pyridine rings is 1. The fraction of sp³-hybridized carbons (Fsp3) is 0.222. The van der Waals surface area contributed by atoms with Gasteiger partial charge >= 0.3 is 0 Å². The van der Waals surface area contributed by atoms with E-state index in [9.17, 15) is 9.59 Å². The SMILES string of the molecule is Nc1ncc(-c2cccc(CNC(=O)c3cncc(-c4cccs4)c3)c2)nc1C(=O)N[C@H]1CCCNC1. The lowest BCUT2D eigenvalue weighted by molar-refractivity contribution is 0.0924. The van der Waals surface area contributed by atoms with Crippen LogP contribution >= 0.6 is 11.3 Å². The van der Waals surface area contributed by atoms with Crippen molar-refractivity contribution in [3.8, 4) is 21.7 Å². The van der Waals surface area contributed by atoms with E-state index in [-0.39, 0.29) is 29.4 Å². The van der Waals surface area contributed by atoms with Crippen molar-refractivity contribution >= 4 is 29.0 Å². The maximum atomic E-state index is 12.8. The molecule has 9 nitrogen and oxygen atoms in total. The van der Waals surface area contributed by atoms with Crippen LogP contribution in [0.1, 0.15) is 39.3 Å². The Hall–Kier alpha value is -4.15. The van der Waals surface area contributed by atoms with Crippen molar-refractivity contribution in [3.63, 3.8) is 0 Å². The lowest BCUT2D eigenvalue weighted by Gasteiger charge is -2.23. The lowest BCUT2D eigenvalue weighted by Crippen LogP contribution is -2.46. The Morgan fingerprint density at radius 2 is 2.00 bits per heavy atom. The highest BCUT2D eigenvalue weighted by atomic mass is 32.1. The van der Waals surface area contributed by atoms with Crippen LogP contribution in [0.4, 0.5) is 5.82 Å². The Morgan fingerprint density at radius 3 is 2.81 bits per heavy atom. The average Bonchev–Trinajstić information content (AvgIpc) is 3.48. The van der Waals surface area contributed by atoms with Crippen LogP contribution in [0, 0.1) is 0 Å². The number of nitrogens with one attached hydrogen (secondary N) is 3. The first kappa shape index (κ1) is 24.5. The molecular weight excluding hydrogens is 486 g/mol. The molecule has 0 radical (unpaired) electrons. The Labute approximate surface area is 218 Å². The fourth-order valence-corrected chi connectivity index (χ4v) is 4.91. The summed E-state index contributed by atoms with van der Waals surface area (Å²) in [6.45, 7) is 2.00. The van der Waals surface area contributed by atoms with Crippen LogP contribution in [0.5, 0.6) is 0 Å². The van der Waals surface area contributed by atoms with Crippen molar-refractivity contribution in [1.29, 1.82) is 0 Å². The number of nitrogens with zero attached hydrogens (tertiary/aromatic N) is 3. The van der Waals surface area contributed by atoms with Gasteiger partial charge in [0.1, 0.15) is 0 Å². The number of aromatic nitrogens is 3. The summed E-state index contributed by atoms with van der Waals surface area (Å²) in [7, 11) is 0. The number of benzene rings is 1. The van der Waals surface area contributed by atoms with E-state index in [2.05, 4.69) is 30.9 Å². The van der Waals surface area contributed by atoms with Crippen LogP contribution in [0.3, 0.4) is 0 Å². The van der Waals surface area contributed by atoms with E-state index in [0.717, 1.165) is 47.5 Å². The number of nitrogen functional groups attached to an aromatic ring is 1. The van der Waals surface area contributed by atoms with E-state index >= 15 is 0 Å². The first-order valence-corrected chi connectivity index (χ1v) is 13.0. The summed E-state index contributed by atoms with van der Waals surface area (Å²) in [5.41, 5.74) is 9.68. The first-order chi connectivity index (χ1) is 18.1. The van der Waals surface area contributed by atoms with Crippen LogP contribution in [0.2, 0.25) is 0 Å². The van der Waals surface area contributed by atoms with Gasteiger partial charge in [0.25, 0.3) is 11.8 Å². The van der Waals surface area contributed by atoms with Crippen molar-refractivity contribution in [2.24, 2.45) is 0 Å². The standard InChI is InChI=1S/C27H27N7O2S/c28-25-24(27(36)33-21-6-2-8-29-15-21)34-22(16-31-25)18-5-1-4-17(10-18)12-32-26(35)20-11-19(13-30-14-20)23-7-3-9-37-23/h1,3-5,7,9-11,13-14,16,21,29H,2,6,8,12,15H2,(H2,28,31)(H,32,35)(H,33,36)/t21-/m0/s1. The molecule has 1 aliphatic rings. The van der Waals surface area contributed by atoms with Crippen molar-refractivity contribution in [2.75, 3.05) is 18.8 Å². The predicted octanol–water partition coefficient (Wildman–Crippen LogP) is 3.26. The topological polar surface area (TPSA) is 135 Å². The van der Waals surface area contributed by atoms with E-state index in [1.807, 2.05) is 47.8 Å². The summed E-state index contributed by atoms with van der Waals surface area (Å²) in [5, 5.41) is 11.2. The minimum absolute atomic E-state index is 0.0410. The molecule has 1 saturated heterocycles. The maximum absolute atomic E-state index is 12.8. The third-order valence-electron chi connectivity index (χ3n) is 6.13. The van der Waals surface area contributed by atoms with Gasteiger partial charge in [-0.25, -0.2) is 9.97 Å². The smallest absolute Gasteiger partial charge is 0.274 e. The van der Waals surface area contributed by atoms with Gasteiger partial charge in [0, 0.05) is 47.5 Å². The highest BCUT2D eigenvalue weighted by Gasteiger charge is 2.20. The number of piperidine rings is 1. The molecule has 188 valence electrons. The van der Waals surface area contributed by atoms with Gasteiger partial charge in [-0.3, -0.25) is 14.6 Å². The summed E-state index contributed by atoms with van der Waals surface area (Å²) in [4.78, 5) is 39.6. The van der Waals surface area contributed by atoms with Crippen LogP contribution in [-0.2, 0) is 6.54 Å². The summed E-state index contributed by atoms with van der Waals surface area (Å²) in [5.74, 6) is -0.450. The molecule has 4 heterocycles. The number of hydrogen-bond acceptors (Lipinski definition) is 8. The van der Waals surface area contributed by atoms with Gasteiger partial charge in [-0.1, -0.05) is 24.3 Å². The summed E-state index contributed by atoms with van der Waals surface area (Å²) in [6, 6.07) is 13.4. The van der Waals surface area contributed by atoms with Crippen molar-refractivity contribution < 1.29 is 9.59 Å².